The number of fused-ring (bicyclic) bond motifs is 1. The largest absolute Gasteiger partial charge is 0.393 e. The van der Waals surface area contributed by atoms with Crippen LogP contribution in [0.25, 0.3) is 0 Å². The van der Waals surface area contributed by atoms with Crippen LogP contribution >= 0.6 is 0 Å². The summed E-state index contributed by atoms with van der Waals surface area (Å²) in [6.45, 7) is 18.7. The van der Waals surface area contributed by atoms with Crippen molar-refractivity contribution in [1.82, 2.24) is 0 Å². The zero-order valence-corrected chi connectivity index (χ0v) is 28.0. The second kappa shape index (κ2) is 14.1. The Morgan fingerprint density at radius 2 is 1.19 bits per heavy atom. The van der Waals surface area contributed by atoms with Gasteiger partial charge in [0.15, 0.2) is 0 Å². The van der Waals surface area contributed by atoms with Crippen LogP contribution in [0.1, 0.15) is 88.0 Å². The summed E-state index contributed by atoms with van der Waals surface area (Å²) in [7, 11) is 0. The third kappa shape index (κ3) is 9.25. The van der Waals surface area contributed by atoms with E-state index in [0.29, 0.717) is 25.2 Å². The first kappa shape index (κ1) is 35.0. The van der Waals surface area contributed by atoms with Gasteiger partial charge in [0, 0.05) is 18.8 Å². The minimum Gasteiger partial charge on any atom is -0.393 e. The van der Waals surface area contributed by atoms with Crippen molar-refractivity contribution in [3.05, 3.63) is 107 Å². The van der Waals surface area contributed by atoms with Crippen molar-refractivity contribution in [2.75, 3.05) is 0 Å². The summed E-state index contributed by atoms with van der Waals surface area (Å²) in [6, 6.07) is 0. The van der Waals surface area contributed by atoms with Crippen molar-refractivity contribution < 1.29 is 20.1 Å². The minimum atomic E-state index is -0.913. The summed E-state index contributed by atoms with van der Waals surface area (Å²) in [5, 5.41) is 31.1. The number of hydrogen-bond donors (Lipinski definition) is 3. The summed E-state index contributed by atoms with van der Waals surface area (Å²) in [5.74, 6) is 0.297. The van der Waals surface area contributed by atoms with E-state index in [1.54, 1.807) is 0 Å². The molecule has 3 rings (SSSR count). The Morgan fingerprint density at radius 1 is 0.674 bits per heavy atom. The fourth-order valence-corrected chi connectivity index (χ4v) is 7.22. The van der Waals surface area contributed by atoms with Gasteiger partial charge in [0.1, 0.15) is 11.2 Å². The summed E-state index contributed by atoms with van der Waals surface area (Å²) in [4.78, 5) is 0. The molecule has 0 aromatic heterocycles. The van der Waals surface area contributed by atoms with Gasteiger partial charge in [-0.2, -0.15) is 0 Å². The van der Waals surface area contributed by atoms with E-state index in [-0.39, 0.29) is 28.6 Å². The molecule has 0 bridgehead atoms. The van der Waals surface area contributed by atoms with Crippen molar-refractivity contribution in [2.24, 2.45) is 17.3 Å². The lowest BCUT2D eigenvalue weighted by atomic mass is 9.61. The molecule has 3 N–H and O–H groups in total. The van der Waals surface area contributed by atoms with Crippen LogP contribution in [0.2, 0.25) is 0 Å². The summed E-state index contributed by atoms with van der Waals surface area (Å²) < 4.78 is 6.14. The molecule has 3 aliphatic rings. The maximum Gasteiger partial charge on any atom is 0.119 e. The molecule has 0 spiro atoms. The molecule has 2 saturated carbocycles. The summed E-state index contributed by atoms with van der Waals surface area (Å²) in [5.41, 5.74) is 3.05. The molecule has 43 heavy (non-hydrogen) atoms. The fraction of sp³-hybridized carbons (Fsp3) is 0.538. The molecule has 7 atom stereocenters. The maximum atomic E-state index is 10.9. The third-order valence-corrected chi connectivity index (χ3v) is 9.50. The lowest BCUT2D eigenvalue weighted by molar-refractivity contribution is -0.111. The van der Waals surface area contributed by atoms with Gasteiger partial charge in [0.05, 0.1) is 17.8 Å². The quantitative estimate of drug-likeness (QED) is 0.177. The SMILES string of the molecule is CC(=C/C=C/C(C)=C/C=C/C=C(C)/C=C/C=C(\C)C=CC1C(C)(C)C[C@H](O)C[C@@]1(C)O)/C=C/[C@@]12O[C@]1(C)C[C@@H](O)C[C@H]2C. The van der Waals surface area contributed by atoms with Crippen molar-refractivity contribution in [2.45, 2.75) is 117 Å². The van der Waals surface area contributed by atoms with Gasteiger partial charge < -0.3 is 20.1 Å². The van der Waals surface area contributed by atoms with E-state index < -0.39 is 11.7 Å². The molecular formula is C39H56O4. The number of rotatable bonds is 10. The standard InChI is InChI=1S/C39H56O4/c1-28(16-12-18-30(3)20-21-35-36(6,7)25-34(41)26-37(35,8)42)14-10-11-15-29(2)17-13-19-31(4)22-23-39-32(5)24-33(40)27-38(39,9)43-39/h10-23,32-35,40-42H,24-27H2,1-9H3/b11-10+,16-12+,17-13+,21-20?,23-22+,28-14+,29-15+,30-18+,31-19-/t32-,33+,34+,35?,37-,38-,39+/m1/s1. The Kier molecular flexibility index (Phi) is 11.4. The molecule has 0 amide bonds. The second-order valence-corrected chi connectivity index (χ2v) is 14.4. The zero-order chi connectivity index (χ0) is 32.1. The van der Waals surface area contributed by atoms with Gasteiger partial charge in [-0.1, -0.05) is 122 Å². The molecule has 1 unspecified atom stereocenters. The third-order valence-electron chi connectivity index (χ3n) is 9.50. The molecule has 2 aliphatic carbocycles. The summed E-state index contributed by atoms with van der Waals surface area (Å²) >= 11 is 0. The molecule has 0 radical (unpaired) electrons. The molecule has 1 heterocycles. The molecular weight excluding hydrogens is 532 g/mol. The topological polar surface area (TPSA) is 73.2 Å². The van der Waals surface area contributed by atoms with Crippen molar-refractivity contribution in [3.63, 3.8) is 0 Å². The molecule has 236 valence electrons. The van der Waals surface area contributed by atoms with E-state index in [1.807, 2.05) is 19.1 Å². The highest BCUT2D eigenvalue weighted by atomic mass is 16.6. The van der Waals surface area contributed by atoms with Crippen LogP contribution in [-0.4, -0.2) is 44.3 Å². The van der Waals surface area contributed by atoms with Crippen LogP contribution < -0.4 is 0 Å². The monoisotopic (exact) mass is 588 g/mol. The molecule has 1 aliphatic heterocycles. The van der Waals surface area contributed by atoms with Crippen LogP contribution in [0, 0.1) is 17.3 Å². The van der Waals surface area contributed by atoms with Gasteiger partial charge in [0.2, 0.25) is 0 Å². The van der Waals surface area contributed by atoms with Crippen LogP contribution in [0.5, 0.6) is 0 Å². The van der Waals surface area contributed by atoms with Crippen molar-refractivity contribution in [3.8, 4) is 0 Å². The first-order chi connectivity index (χ1) is 20.0. The fourth-order valence-electron chi connectivity index (χ4n) is 7.22. The van der Waals surface area contributed by atoms with Crippen molar-refractivity contribution in [1.29, 1.82) is 0 Å². The Balaban J connectivity index is 1.48. The van der Waals surface area contributed by atoms with Gasteiger partial charge in [-0.25, -0.2) is 0 Å². The van der Waals surface area contributed by atoms with E-state index in [0.717, 1.165) is 23.1 Å². The molecule has 0 aromatic rings. The van der Waals surface area contributed by atoms with Gasteiger partial charge in [0.25, 0.3) is 0 Å². The lowest BCUT2D eigenvalue weighted by Crippen LogP contribution is -2.50. The first-order valence-corrected chi connectivity index (χ1v) is 15.9. The predicted molar refractivity (Wildman–Crippen MR) is 180 cm³/mol. The lowest BCUT2D eigenvalue weighted by Gasteiger charge is -2.48. The normalized spacial score (nSPS) is 37.9. The molecule has 4 heteroatoms. The second-order valence-electron chi connectivity index (χ2n) is 14.4. The minimum absolute atomic E-state index is 0.0125. The number of aliphatic hydroxyl groups is 3. The average molecular weight is 589 g/mol. The van der Waals surface area contributed by atoms with E-state index in [4.69, 9.17) is 4.74 Å². The van der Waals surface area contributed by atoms with Gasteiger partial charge in [-0.15, -0.1) is 0 Å². The maximum absolute atomic E-state index is 10.9. The van der Waals surface area contributed by atoms with Gasteiger partial charge in [-0.05, 0) is 71.8 Å². The van der Waals surface area contributed by atoms with E-state index >= 15 is 0 Å². The highest BCUT2D eigenvalue weighted by Gasteiger charge is 2.70. The predicted octanol–water partition coefficient (Wildman–Crippen LogP) is 8.42. The number of aliphatic hydroxyl groups excluding tert-OH is 2. The van der Waals surface area contributed by atoms with E-state index in [9.17, 15) is 15.3 Å². The number of ether oxygens (including phenoxy) is 1. The summed E-state index contributed by atoms with van der Waals surface area (Å²) in [6.07, 6.45) is 31.2. The number of allylic oxidation sites excluding steroid dienone is 16. The Morgan fingerprint density at radius 3 is 1.72 bits per heavy atom. The molecule has 3 fully saturated rings. The smallest absolute Gasteiger partial charge is 0.119 e. The average Bonchev–Trinajstić information content (AvgIpc) is 3.49. The van der Waals surface area contributed by atoms with E-state index in [1.165, 1.54) is 5.57 Å². The van der Waals surface area contributed by atoms with Crippen LogP contribution in [-0.2, 0) is 4.74 Å². The first-order valence-electron chi connectivity index (χ1n) is 15.9. The van der Waals surface area contributed by atoms with Crippen LogP contribution in [0.15, 0.2) is 107 Å². The van der Waals surface area contributed by atoms with Crippen molar-refractivity contribution >= 4 is 0 Å². The Labute approximate surface area is 261 Å². The molecule has 0 aromatic carbocycles. The Bertz CT molecular complexity index is 1250. The zero-order valence-electron chi connectivity index (χ0n) is 28.0. The van der Waals surface area contributed by atoms with Gasteiger partial charge >= 0.3 is 0 Å². The molecule has 1 saturated heterocycles. The highest BCUT2D eigenvalue weighted by Crippen LogP contribution is 2.60. The van der Waals surface area contributed by atoms with Crippen LogP contribution in [0.3, 0.4) is 0 Å². The number of hydrogen-bond acceptors (Lipinski definition) is 4. The molecule has 4 nitrogen and oxygen atoms in total. The van der Waals surface area contributed by atoms with E-state index in [2.05, 4.69) is 128 Å². The van der Waals surface area contributed by atoms with Gasteiger partial charge in [-0.3, -0.25) is 0 Å². The number of epoxide rings is 1. The highest BCUT2D eigenvalue weighted by molar-refractivity contribution is 5.35. The van der Waals surface area contributed by atoms with Crippen LogP contribution in [0.4, 0.5) is 0 Å². The Hall–Kier alpha value is -2.50.